The van der Waals surface area contributed by atoms with Crippen molar-refractivity contribution in [3.8, 4) is 0 Å². The van der Waals surface area contributed by atoms with Crippen molar-refractivity contribution >= 4 is 38.9 Å². The van der Waals surface area contributed by atoms with E-state index in [1.165, 1.54) is 4.40 Å². The molecule has 0 fully saturated rings. The summed E-state index contributed by atoms with van der Waals surface area (Å²) in [5, 5.41) is 2.31. The van der Waals surface area contributed by atoms with Gasteiger partial charge in [-0.3, -0.25) is 14.0 Å². The first-order chi connectivity index (χ1) is 10.1. The molecular formula is C16H9ClN2O2. The van der Waals surface area contributed by atoms with Crippen LogP contribution in [-0.2, 0) is 0 Å². The largest absolute Gasteiger partial charge is 0.308 e. The molecule has 102 valence electrons. The third-order valence-corrected chi connectivity index (χ3v) is 3.85. The molecule has 0 aliphatic heterocycles. The van der Waals surface area contributed by atoms with Crippen LogP contribution in [0.15, 0.2) is 58.1 Å². The van der Waals surface area contributed by atoms with Crippen LogP contribution in [0.25, 0.3) is 27.3 Å². The van der Waals surface area contributed by atoms with Gasteiger partial charge in [0.2, 0.25) is 0 Å². The third kappa shape index (κ3) is 1.69. The molecule has 1 N–H and O–H groups in total. The maximum atomic E-state index is 12.7. The molecule has 5 heteroatoms. The van der Waals surface area contributed by atoms with Crippen LogP contribution in [0.5, 0.6) is 0 Å². The molecule has 21 heavy (non-hydrogen) atoms. The summed E-state index contributed by atoms with van der Waals surface area (Å²) in [5.41, 5.74) is 0.554. The van der Waals surface area contributed by atoms with Crippen LogP contribution in [0.4, 0.5) is 0 Å². The summed E-state index contributed by atoms with van der Waals surface area (Å²) in [6.45, 7) is 0. The second-order valence-corrected chi connectivity index (χ2v) is 5.31. The maximum Gasteiger partial charge on any atom is 0.264 e. The van der Waals surface area contributed by atoms with E-state index in [0.717, 1.165) is 5.39 Å². The molecule has 0 amide bonds. The molecule has 0 saturated heterocycles. The normalized spacial score (nSPS) is 11.5. The van der Waals surface area contributed by atoms with E-state index in [2.05, 4.69) is 4.98 Å². The average molecular weight is 297 g/mol. The van der Waals surface area contributed by atoms with E-state index < -0.39 is 0 Å². The van der Waals surface area contributed by atoms with Crippen molar-refractivity contribution in [2.75, 3.05) is 0 Å². The number of benzene rings is 2. The second-order valence-electron chi connectivity index (χ2n) is 4.87. The van der Waals surface area contributed by atoms with E-state index in [1.807, 2.05) is 18.2 Å². The lowest BCUT2D eigenvalue weighted by atomic mass is 10.1. The molecule has 0 bridgehead atoms. The van der Waals surface area contributed by atoms with E-state index in [1.54, 1.807) is 30.3 Å². The summed E-state index contributed by atoms with van der Waals surface area (Å²) in [5.74, 6) is 0. The lowest BCUT2D eigenvalue weighted by Gasteiger charge is -2.08. The highest BCUT2D eigenvalue weighted by atomic mass is 35.5. The standard InChI is InChI=1S/C16H9ClN2O2/c17-10-5-6-12-13(8-10)19-14(18-15(12)20)7-9-3-1-2-4-11(9)16(19)21/h1-8H,(H,18,20). The Kier molecular flexibility index (Phi) is 2.43. The Balaban J connectivity index is 2.41. The minimum absolute atomic E-state index is 0.174. The van der Waals surface area contributed by atoms with Crippen LogP contribution in [-0.4, -0.2) is 9.38 Å². The fourth-order valence-corrected chi connectivity index (χ4v) is 2.82. The van der Waals surface area contributed by atoms with E-state index >= 15 is 0 Å². The molecule has 4 aromatic rings. The number of halogens is 1. The van der Waals surface area contributed by atoms with Gasteiger partial charge in [-0.15, -0.1) is 0 Å². The van der Waals surface area contributed by atoms with Crippen molar-refractivity contribution in [3.05, 3.63) is 74.3 Å². The number of hydrogen-bond acceptors (Lipinski definition) is 2. The van der Waals surface area contributed by atoms with Gasteiger partial charge in [0.05, 0.1) is 10.9 Å². The molecule has 0 radical (unpaired) electrons. The summed E-state index contributed by atoms with van der Waals surface area (Å²) in [6, 6.07) is 14.0. The van der Waals surface area contributed by atoms with E-state index in [9.17, 15) is 9.59 Å². The van der Waals surface area contributed by atoms with Crippen molar-refractivity contribution < 1.29 is 0 Å². The smallest absolute Gasteiger partial charge is 0.264 e. The van der Waals surface area contributed by atoms with Gasteiger partial charge in [-0.05, 0) is 35.7 Å². The van der Waals surface area contributed by atoms with Crippen molar-refractivity contribution in [2.45, 2.75) is 0 Å². The molecule has 2 heterocycles. The Bertz CT molecular complexity index is 1140. The first-order valence-corrected chi connectivity index (χ1v) is 6.79. The zero-order chi connectivity index (χ0) is 14.6. The third-order valence-electron chi connectivity index (χ3n) is 3.61. The van der Waals surface area contributed by atoms with Crippen molar-refractivity contribution in [3.63, 3.8) is 0 Å². The summed E-state index contributed by atoms with van der Waals surface area (Å²) >= 11 is 6.01. The molecule has 0 unspecified atom stereocenters. The summed E-state index contributed by atoms with van der Waals surface area (Å²) in [4.78, 5) is 27.6. The summed E-state index contributed by atoms with van der Waals surface area (Å²) in [7, 11) is 0. The van der Waals surface area contributed by atoms with Gasteiger partial charge in [-0.1, -0.05) is 29.8 Å². The van der Waals surface area contributed by atoms with E-state index in [4.69, 9.17) is 11.6 Å². The first-order valence-electron chi connectivity index (χ1n) is 6.41. The highest BCUT2D eigenvalue weighted by molar-refractivity contribution is 6.31. The predicted octanol–water partition coefficient (Wildman–Crippen LogP) is 2.95. The number of H-pyrrole nitrogens is 1. The molecule has 4 nitrogen and oxygen atoms in total. The van der Waals surface area contributed by atoms with Gasteiger partial charge in [0.25, 0.3) is 11.1 Å². The molecule has 2 aromatic carbocycles. The molecule has 0 aliphatic rings. The predicted molar refractivity (Wildman–Crippen MR) is 84.3 cm³/mol. The quantitative estimate of drug-likeness (QED) is 0.401. The van der Waals surface area contributed by atoms with Crippen LogP contribution in [0.3, 0.4) is 0 Å². The number of aromatic amines is 1. The molecule has 0 aliphatic carbocycles. The number of aromatic nitrogens is 2. The van der Waals surface area contributed by atoms with E-state index in [0.29, 0.717) is 27.0 Å². The maximum absolute atomic E-state index is 12.7. The zero-order valence-electron chi connectivity index (χ0n) is 10.8. The van der Waals surface area contributed by atoms with Gasteiger partial charge >= 0.3 is 0 Å². The summed E-state index contributed by atoms with van der Waals surface area (Å²) < 4.78 is 1.49. The molecular weight excluding hydrogens is 288 g/mol. The number of hydrogen-bond donors (Lipinski definition) is 1. The Hall–Kier alpha value is -2.59. The van der Waals surface area contributed by atoms with Crippen LogP contribution in [0.1, 0.15) is 0 Å². The van der Waals surface area contributed by atoms with Gasteiger partial charge in [-0.2, -0.15) is 0 Å². The SMILES string of the molecule is O=c1[nH]c2cc3ccccc3c(=O)n2c2cc(Cl)ccc12. The Morgan fingerprint density at radius 2 is 1.76 bits per heavy atom. The zero-order valence-corrected chi connectivity index (χ0v) is 11.5. The van der Waals surface area contributed by atoms with Gasteiger partial charge in [0.1, 0.15) is 5.65 Å². The van der Waals surface area contributed by atoms with Crippen LogP contribution in [0, 0.1) is 0 Å². The second kappa shape index (κ2) is 4.20. The van der Waals surface area contributed by atoms with Crippen LogP contribution >= 0.6 is 11.6 Å². The van der Waals surface area contributed by atoms with Crippen LogP contribution in [0.2, 0.25) is 5.02 Å². The molecule has 2 aromatic heterocycles. The van der Waals surface area contributed by atoms with Crippen LogP contribution < -0.4 is 11.1 Å². The fourth-order valence-electron chi connectivity index (χ4n) is 2.66. The number of pyridine rings is 1. The highest BCUT2D eigenvalue weighted by Crippen LogP contribution is 2.18. The number of rotatable bonds is 0. The van der Waals surface area contributed by atoms with Gasteiger partial charge in [0.15, 0.2) is 0 Å². The van der Waals surface area contributed by atoms with Crippen molar-refractivity contribution in [2.24, 2.45) is 0 Å². The number of nitrogens with zero attached hydrogens (tertiary/aromatic N) is 1. The average Bonchev–Trinajstić information content (AvgIpc) is 2.47. The number of fused-ring (bicyclic) bond motifs is 4. The molecule has 4 rings (SSSR count). The van der Waals surface area contributed by atoms with Gasteiger partial charge < -0.3 is 4.98 Å². The Morgan fingerprint density at radius 3 is 2.62 bits per heavy atom. The monoisotopic (exact) mass is 296 g/mol. The van der Waals surface area contributed by atoms with Crippen molar-refractivity contribution in [1.82, 2.24) is 9.38 Å². The first kappa shape index (κ1) is 12.2. The fraction of sp³-hybridized carbons (Fsp3) is 0. The highest BCUT2D eigenvalue weighted by Gasteiger charge is 2.09. The van der Waals surface area contributed by atoms with E-state index in [-0.39, 0.29) is 11.1 Å². The summed E-state index contributed by atoms with van der Waals surface area (Å²) in [6.07, 6.45) is 0. The lowest BCUT2D eigenvalue weighted by molar-refractivity contribution is 1.10. The molecule has 0 saturated carbocycles. The Labute approximate surface area is 123 Å². The topological polar surface area (TPSA) is 54.3 Å². The van der Waals surface area contributed by atoms with Gasteiger partial charge in [0, 0.05) is 10.4 Å². The minimum Gasteiger partial charge on any atom is -0.308 e. The van der Waals surface area contributed by atoms with Gasteiger partial charge in [-0.25, -0.2) is 0 Å². The Morgan fingerprint density at radius 1 is 0.952 bits per heavy atom. The lowest BCUT2D eigenvalue weighted by Crippen LogP contribution is -2.20. The van der Waals surface area contributed by atoms with Crippen molar-refractivity contribution in [1.29, 1.82) is 0 Å². The minimum atomic E-state index is -0.239. The molecule has 0 atom stereocenters. The molecule has 0 spiro atoms. The number of nitrogens with one attached hydrogen (secondary N) is 1.